The Morgan fingerprint density at radius 3 is 2.28 bits per heavy atom. The molecule has 0 aromatic carbocycles. The first-order chi connectivity index (χ1) is 17.0. The van der Waals surface area contributed by atoms with Crippen LogP contribution in [0.2, 0.25) is 0 Å². The van der Waals surface area contributed by atoms with Gasteiger partial charge in [0.05, 0.1) is 6.42 Å². The monoisotopic (exact) mass is 540 g/mol. The van der Waals surface area contributed by atoms with Crippen LogP contribution in [-0.2, 0) is 28.7 Å². The van der Waals surface area contributed by atoms with Gasteiger partial charge >= 0.3 is 5.97 Å². The smallest absolute Gasteiger partial charge is 0.329 e. The molecule has 1 saturated heterocycles. The normalized spacial score (nSPS) is 28.8. The lowest BCUT2D eigenvalue weighted by Gasteiger charge is -2.27. The molecule has 200 valence electrons. The zero-order chi connectivity index (χ0) is 26.8. The van der Waals surface area contributed by atoms with Gasteiger partial charge in [-0.3, -0.25) is 19.2 Å². The summed E-state index contributed by atoms with van der Waals surface area (Å²) in [4.78, 5) is 65.2. The third-order valence-electron chi connectivity index (χ3n) is 5.59. The second kappa shape index (κ2) is 14.3. The fourth-order valence-corrected chi connectivity index (χ4v) is 5.66. The molecule has 2 aliphatic rings. The zero-order valence-corrected chi connectivity index (χ0v) is 22.9. The van der Waals surface area contributed by atoms with E-state index in [1.54, 1.807) is 40.7 Å². The Kier molecular flexibility index (Phi) is 11.8. The predicted molar refractivity (Wildman–Crippen MR) is 141 cm³/mol. The number of esters is 1. The van der Waals surface area contributed by atoms with Crippen LogP contribution >= 0.6 is 21.6 Å². The third-order valence-corrected chi connectivity index (χ3v) is 8.03. The zero-order valence-electron chi connectivity index (χ0n) is 21.3. The van der Waals surface area contributed by atoms with Crippen molar-refractivity contribution in [2.75, 3.05) is 11.5 Å². The van der Waals surface area contributed by atoms with Crippen LogP contribution in [0.4, 0.5) is 0 Å². The maximum atomic E-state index is 13.2. The largest absolute Gasteiger partial charge is 0.456 e. The molecule has 0 spiro atoms. The highest BCUT2D eigenvalue weighted by Gasteiger charge is 2.33. The average Bonchev–Trinajstić information content (AvgIpc) is 2.81. The number of carbonyl (C=O) groups is 5. The first-order valence-electron chi connectivity index (χ1n) is 12.0. The van der Waals surface area contributed by atoms with E-state index >= 15 is 0 Å². The van der Waals surface area contributed by atoms with Crippen molar-refractivity contribution in [1.82, 2.24) is 21.3 Å². The maximum Gasteiger partial charge on any atom is 0.329 e. The number of allylic oxidation sites excluding steroid dienone is 2. The van der Waals surface area contributed by atoms with Crippen LogP contribution in [-0.4, -0.2) is 65.3 Å². The Hall–Kier alpha value is -2.47. The minimum absolute atomic E-state index is 0.0445. The predicted octanol–water partition coefficient (Wildman–Crippen LogP) is 1.43. The Morgan fingerprint density at radius 1 is 0.944 bits per heavy atom. The molecule has 2 heterocycles. The summed E-state index contributed by atoms with van der Waals surface area (Å²) in [6.07, 6.45) is 4.51. The van der Waals surface area contributed by atoms with Crippen LogP contribution in [0.5, 0.6) is 0 Å². The van der Waals surface area contributed by atoms with Crippen LogP contribution in [0.3, 0.4) is 0 Å². The summed E-state index contributed by atoms with van der Waals surface area (Å²) < 4.78 is 5.65. The van der Waals surface area contributed by atoms with Gasteiger partial charge in [-0.2, -0.15) is 0 Å². The summed E-state index contributed by atoms with van der Waals surface area (Å²) in [6.45, 7) is 8.66. The van der Waals surface area contributed by atoms with Gasteiger partial charge in [0.15, 0.2) is 0 Å². The van der Waals surface area contributed by atoms with Crippen molar-refractivity contribution in [3.63, 3.8) is 0 Å². The molecule has 2 aliphatic heterocycles. The van der Waals surface area contributed by atoms with Gasteiger partial charge in [-0.15, -0.1) is 0 Å². The molecule has 4 N–H and O–H groups in total. The number of carbonyl (C=O) groups excluding carboxylic acids is 5. The van der Waals surface area contributed by atoms with Crippen molar-refractivity contribution in [3.05, 3.63) is 23.9 Å². The number of rotatable bonds is 2. The molecule has 0 aromatic heterocycles. The molecule has 2 bridgehead atoms. The van der Waals surface area contributed by atoms with E-state index in [0.717, 1.165) is 0 Å². The molecule has 12 heteroatoms. The fourth-order valence-electron chi connectivity index (χ4n) is 3.50. The number of ether oxygens (including phenoxy) is 1. The highest BCUT2D eigenvalue weighted by Crippen LogP contribution is 2.24. The summed E-state index contributed by atoms with van der Waals surface area (Å²) in [7, 11) is 2.95. The minimum Gasteiger partial charge on any atom is -0.456 e. The van der Waals surface area contributed by atoms with E-state index in [1.165, 1.54) is 27.7 Å². The average molecular weight is 541 g/mol. The summed E-state index contributed by atoms with van der Waals surface area (Å²) in [5, 5.41) is 10.7. The van der Waals surface area contributed by atoms with Gasteiger partial charge in [0.1, 0.15) is 29.9 Å². The van der Waals surface area contributed by atoms with Crippen LogP contribution in [0.25, 0.3) is 0 Å². The Balaban J connectivity index is 2.55. The second-order valence-corrected chi connectivity index (χ2v) is 11.9. The first-order valence-corrected chi connectivity index (χ1v) is 14.5. The van der Waals surface area contributed by atoms with Gasteiger partial charge in [-0.1, -0.05) is 61.4 Å². The molecular formula is C24H36N4O6S2. The molecule has 4 atom stereocenters. The van der Waals surface area contributed by atoms with E-state index in [1.807, 2.05) is 6.08 Å². The van der Waals surface area contributed by atoms with Crippen molar-refractivity contribution in [1.29, 1.82) is 0 Å². The van der Waals surface area contributed by atoms with Gasteiger partial charge < -0.3 is 26.0 Å². The molecule has 4 amide bonds. The van der Waals surface area contributed by atoms with Crippen LogP contribution in [0.15, 0.2) is 23.9 Å². The van der Waals surface area contributed by atoms with E-state index in [9.17, 15) is 24.0 Å². The van der Waals surface area contributed by atoms with Gasteiger partial charge in [0, 0.05) is 11.5 Å². The van der Waals surface area contributed by atoms with Crippen LogP contribution in [0, 0.1) is 11.8 Å². The molecular weight excluding hydrogens is 504 g/mol. The van der Waals surface area contributed by atoms with E-state index in [4.69, 9.17) is 4.74 Å². The lowest BCUT2D eigenvalue weighted by Crippen LogP contribution is -2.57. The minimum atomic E-state index is -1.00. The highest BCUT2D eigenvalue weighted by atomic mass is 33.1. The second-order valence-electron chi connectivity index (χ2n) is 9.24. The van der Waals surface area contributed by atoms with Crippen molar-refractivity contribution < 1.29 is 28.7 Å². The van der Waals surface area contributed by atoms with E-state index in [2.05, 4.69) is 21.3 Å². The lowest BCUT2D eigenvalue weighted by atomic mass is 10.0. The molecule has 0 aromatic rings. The highest BCUT2D eigenvalue weighted by molar-refractivity contribution is 8.76. The maximum absolute atomic E-state index is 13.2. The molecule has 2 rings (SSSR count). The van der Waals surface area contributed by atoms with Crippen molar-refractivity contribution in [2.45, 2.75) is 71.7 Å². The van der Waals surface area contributed by atoms with Crippen LogP contribution < -0.4 is 21.3 Å². The van der Waals surface area contributed by atoms with Crippen LogP contribution in [0.1, 0.15) is 47.5 Å². The molecule has 0 saturated carbocycles. The SMILES string of the molecule is CC=C1NC(=O)C2CSSCCC=C[C@@H](CC(=O)NC(C(C)C)C(=O)N2)OC(=O)C(C(C)C)NC1=O. The summed E-state index contributed by atoms with van der Waals surface area (Å²) in [6, 6.07) is -2.86. The Labute approximate surface area is 220 Å². The molecule has 1 fully saturated rings. The lowest BCUT2D eigenvalue weighted by molar-refractivity contribution is -0.153. The van der Waals surface area contributed by atoms with Crippen molar-refractivity contribution >= 4 is 51.2 Å². The van der Waals surface area contributed by atoms with E-state index in [-0.39, 0.29) is 29.7 Å². The van der Waals surface area contributed by atoms with Gasteiger partial charge in [0.2, 0.25) is 17.7 Å². The van der Waals surface area contributed by atoms with Crippen molar-refractivity contribution in [3.8, 4) is 0 Å². The number of hydrogen-bond donors (Lipinski definition) is 4. The fraction of sp³-hybridized carbons (Fsp3) is 0.625. The standard InChI is InChI=1S/C24H36N4O6S2/c1-6-16-21(30)28-20(14(4)5)24(33)34-15-9-7-8-10-35-36-12-17(22(31)25-16)26-23(32)19(13(2)3)27-18(29)11-15/h6-7,9,13-15,17,19-20H,8,10-12H2,1-5H3,(H,25,31)(H,26,32)(H,27,29)(H,28,30)/t15-,17?,19?,20?/m0/s1. The number of amides is 4. The van der Waals surface area contributed by atoms with E-state index < -0.39 is 53.8 Å². The summed E-state index contributed by atoms with van der Waals surface area (Å²) >= 11 is 0. The quantitative estimate of drug-likeness (QED) is 0.178. The molecule has 0 radical (unpaired) electrons. The van der Waals surface area contributed by atoms with E-state index in [0.29, 0.717) is 12.2 Å². The van der Waals surface area contributed by atoms with Crippen molar-refractivity contribution in [2.24, 2.45) is 11.8 Å². The van der Waals surface area contributed by atoms with Gasteiger partial charge in [-0.25, -0.2) is 4.79 Å². The topological polar surface area (TPSA) is 143 Å². The van der Waals surface area contributed by atoms with Gasteiger partial charge in [-0.05, 0) is 31.3 Å². The molecule has 36 heavy (non-hydrogen) atoms. The number of fused-ring (bicyclic) bond motifs is 7. The molecule has 0 aliphatic carbocycles. The number of nitrogens with one attached hydrogen (secondary N) is 4. The Bertz CT molecular complexity index is 905. The Morgan fingerprint density at radius 2 is 1.64 bits per heavy atom. The van der Waals surface area contributed by atoms with Gasteiger partial charge in [0.25, 0.3) is 5.91 Å². The molecule has 3 unspecified atom stereocenters. The third kappa shape index (κ3) is 8.88. The summed E-state index contributed by atoms with van der Waals surface area (Å²) in [5.41, 5.74) is -0.0445. The molecule has 10 nitrogen and oxygen atoms in total. The number of hydrogen-bond acceptors (Lipinski definition) is 8. The first kappa shape index (κ1) is 29.8. The summed E-state index contributed by atoms with van der Waals surface area (Å²) in [5.74, 6) is -2.54.